The van der Waals surface area contributed by atoms with Crippen LogP contribution in [-0.4, -0.2) is 21.6 Å². The third-order valence-electron chi connectivity index (χ3n) is 3.26. The van der Waals surface area contributed by atoms with Crippen molar-refractivity contribution in [3.63, 3.8) is 0 Å². The number of nitrogens with one attached hydrogen (secondary N) is 1. The van der Waals surface area contributed by atoms with Crippen LogP contribution in [0.1, 0.15) is 42.0 Å². The van der Waals surface area contributed by atoms with Gasteiger partial charge in [0.25, 0.3) is 5.91 Å². The van der Waals surface area contributed by atoms with Crippen LogP contribution in [0.3, 0.4) is 0 Å². The number of hydrogen-bond acceptors (Lipinski definition) is 2. The predicted molar refractivity (Wildman–Crippen MR) is 86.8 cm³/mol. The van der Waals surface area contributed by atoms with E-state index in [9.17, 15) is 14.7 Å². The molecular weight excluding hydrogens is 348 g/mol. The summed E-state index contributed by atoms with van der Waals surface area (Å²) in [6.07, 6.45) is 1.80. The number of carbonyl (C=O) groups excluding carboxylic acids is 1. The first-order chi connectivity index (χ1) is 10.4. The van der Waals surface area contributed by atoms with Crippen LogP contribution in [0.5, 0.6) is 0 Å². The second-order valence-corrected chi connectivity index (χ2v) is 6.12. The van der Waals surface area contributed by atoms with Gasteiger partial charge in [-0.1, -0.05) is 30.3 Å². The van der Waals surface area contributed by atoms with E-state index in [0.29, 0.717) is 11.3 Å². The van der Waals surface area contributed by atoms with Crippen LogP contribution in [0.25, 0.3) is 0 Å². The second kappa shape index (κ2) is 6.79. The first kappa shape index (κ1) is 16.3. The van der Waals surface area contributed by atoms with Crippen molar-refractivity contribution in [3.05, 3.63) is 58.3 Å². The zero-order valence-electron chi connectivity index (χ0n) is 12.3. The summed E-state index contributed by atoms with van der Waals surface area (Å²) in [7, 11) is 0. The summed E-state index contributed by atoms with van der Waals surface area (Å²) in [6, 6.07) is 9.32. The summed E-state index contributed by atoms with van der Waals surface area (Å²) in [5.41, 5.74) is 0.953. The highest BCUT2D eigenvalue weighted by Gasteiger charge is 2.24. The number of benzene rings is 1. The molecule has 0 spiro atoms. The minimum atomic E-state index is -1.10. The number of nitrogens with zero attached hydrogens (tertiary/aromatic N) is 1. The lowest BCUT2D eigenvalue weighted by Crippen LogP contribution is -2.35. The quantitative estimate of drug-likeness (QED) is 0.853. The Morgan fingerprint density at radius 1 is 1.23 bits per heavy atom. The Hall–Kier alpha value is -2.08. The maximum Gasteiger partial charge on any atom is 0.330 e. The van der Waals surface area contributed by atoms with E-state index in [1.165, 1.54) is 0 Å². The molecule has 1 unspecified atom stereocenters. The predicted octanol–water partition coefficient (Wildman–Crippen LogP) is 3.39. The van der Waals surface area contributed by atoms with E-state index < -0.39 is 17.9 Å². The van der Waals surface area contributed by atoms with Gasteiger partial charge in [-0.25, -0.2) is 4.79 Å². The number of aliphatic carboxylic acids is 1. The standard InChI is InChI=1S/C16H17BrN2O3/c1-10(2)19-9-12(17)8-13(19)15(20)18-14(16(21)22)11-6-4-3-5-7-11/h3-10,14H,1-2H3,(H,18,20)(H,21,22). The van der Waals surface area contributed by atoms with E-state index in [4.69, 9.17) is 0 Å². The molecule has 2 rings (SSSR count). The molecule has 1 amide bonds. The minimum Gasteiger partial charge on any atom is -0.479 e. The first-order valence-corrected chi connectivity index (χ1v) is 7.65. The third kappa shape index (κ3) is 3.57. The molecule has 0 saturated heterocycles. The van der Waals surface area contributed by atoms with Crippen molar-refractivity contribution in [1.82, 2.24) is 9.88 Å². The molecule has 5 nitrogen and oxygen atoms in total. The summed E-state index contributed by atoms with van der Waals surface area (Å²) in [6.45, 7) is 3.91. The van der Waals surface area contributed by atoms with Crippen molar-refractivity contribution in [2.75, 3.05) is 0 Å². The molecular formula is C16H17BrN2O3. The van der Waals surface area contributed by atoms with Gasteiger partial charge in [-0.3, -0.25) is 4.79 Å². The highest BCUT2D eigenvalue weighted by atomic mass is 79.9. The number of amides is 1. The molecule has 1 aromatic carbocycles. The topological polar surface area (TPSA) is 71.3 Å². The molecule has 1 heterocycles. The van der Waals surface area contributed by atoms with Crippen LogP contribution in [0.15, 0.2) is 47.1 Å². The number of hydrogen-bond donors (Lipinski definition) is 2. The molecule has 6 heteroatoms. The number of carbonyl (C=O) groups is 2. The number of rotatable bonds is 5. The molecule has 0 fully saturated rings. The smallest absolute Gasteiger partial charge is 0.330 e. The first-order valence-electron chi connectivity index (χ1n) is 6.86. The number of carboxylic acids is 1. The Morgan fingerprint density at radius 2 is 1.86 bits per heavy atom. The summed E-state index contributed by atoms with van der Waals surface area (Å²) < 4.78 is 2.57. The molecule has 1 aromatic heterocycles. The van der Waals surface area contributed by atoms with Gasteiger partial charge in [0, 0.05) is 16.7 Å². The van der Waals surface area contributed by atoms with Gasteiger partial charge in [-0.2, -0.15) is 0 Å². The molecule has 116 valence electrons. The molecule has 0 aliphatic heterocycles. The molecule has 22 heavy (non-hydrogen) atoms. The average Bonchev–Trinajstić information content (AvgIpc) is 2.87. The van der Waals surface area contributed by atoms with E-state index in [2.05, 4.69) is 21.2 Å². The fraction of sp³-hybridized carbons (Fsp3) is 0.250. The lowest BCUT2D eigenvalue weighted by molar-refractivity contribution is -0.139. The van der Waals surface area contributed by atoms with E-state index in [0.717, 1.165) is 4.47 Å². The lowest BCUT2D eigenvalue weighted by atomic mass is 10.1. The number of aromatic nitrogens is 1. The molecule has 1 atom stereocenters. The lowest BCUT2D eigenvalue weighted by Gasteiger charge is -2.17. The van der Waals surface area contributed by atoms with Gasteiger partial charge in [0.1, 0.15) is 5.69 Å². The van der Waals surface area contributed by atoms with Gasteiger partial charge >= 0.3 is 5.97 Å². The fourth-order valence-electron chi connectivity index (χ4n) is 2.19. The van der Waals surface area contributed by atoms with E-state index >= 15 is 0 Å². The van der Waals surface area contributed by atoms with Gasteiger partial charge in [0.15, 0.2) is 6.04 Å². The maximum atomic E-state index is 12.5. The fourth-order valence-corrected chi connectivity index (χ4v) is 2.63. The monoisotopic (exact) mass is 364 g/mol. The minimum absolute atomic E-state index is 0.0899. The summed E-state index contributed by atoms with van der Waals surface area (Å²) in [4.78, 5) is 23.9. The zero-order chi connectivity index (χ0) is 16.3. The van der Waals surface area contributed by atoms with Crippen molar-refractivity contribution in [1.29, 1.82) is 0 Å². The highest BCUT2D eigenvalue weighted by Crippen LogP contribution is 2.21. The van der Waals surface area contributed by atoms with Crippen LogP contribution >= 0.6 is 15.9 Å². The molecule has 0 aliphatic rings. The molecule has 2 aromatic rings. The van der Waals surface area contributed by atoms with Gasteiger partial charge in [0.05, 0.1) is 0 Å². The number of carboxylic acid groups (broad SMARTS) is 1. The van der Waals surface area contributed by atoms with Gasteiger partial charge < -0.3 is 15.0 Å². The molecule has 2 N–H and O–H groups in total. The van der Waals surface area contributed by atoms with E-state index in [1.807, 2.05) is 13.8 Å². The maximum absolute atomic E-state index is 12.5. The highest BCUT2D eigenvalue weighted by molar-refractivity contribution is 9.10. The molecule has 0 aliphatic carbocycles. The Kier molecular flexibility index (Phi) is 5.03. The van der Waals surface area contributed by atoms with Crippen molar-refractivity contribution >= 4 is 27.8 Å². The van der Waals surface area contributed by atoms with Crippen LogP contribution in [0.2, 0.25) is 0 Å². The molecule has 0 radical (unpaired) electrons. The van der Waals surface area contributed by atoms with Gasteiger partial charge in [-0.15, -0.1) is 0 Å². The summed E-state index contributed by atoms with van der Waals surface area (Å²) in [5.74, 6) is -1.52. The Morgan fingerprint density at radius 3 is 2.41 bits per heavy atom. The van der Waals surface area contributed by atoms with E-state index in [-0.39, 0.29) is 6.04 Å². The van der Waals surface area contributed by atoms with Crippen LogP contribution < -0.4 is 5.32 Å². The Bertz CT molecular complexity index is 680. The van der Waals surface area contributed by atoms with Crippen LogP contribution in [-0.2, 0) is 4.79 Å². The van der Waals surface area contributed by atoms with Crippen molar-refractivity contribution in [2.45, 2.75) is 25.9 Å². The van der Waals surface area contributed by atoms with E-state index in [1.54, 1.807) is 47.2 Å². The summed E-state index contributed by atoms with van der Waals surface area (Å²) >= 11 is 3.34. The Labute approximate surface area is 137 Å². The SMILES string of the molecule is CC(C)n1cc(Br)cc1C(=O)NC(C(=O)O)c1ccccc1. The largest absolute Gasteiger partial charge is 0.479 e. The van der Waals surface area contributed by atoms with Gasteiger partial charge in [0.2, 0.25) is 0 Å². The van der Waals surface area contributed by atoms with Crippen molar-refractivity contribution < 1.29 is 14.7 Å². The average molecular weight is 365 g/mol. The Balaban J connectivity index is 2.28. The molecule has 0 saturated carbocycles. The third-order valence-corrected chi connectivity index (χ3v) is 3.69. The zero-order valence-corrected chi connectivity index (χ0v) is 13.9. The normalized spacial score (nSPS) is 12.2. The summed E-state index contributed by atoms with van der Waals surface area (Å²) in [5, 5.41) is 12.0. The van der Waals surface area contributed by atoms with Crippen LogP contribution in [0.4, 0.5) is 0 Å². The van der Waals surface area contributed by atoms with Crippen LogP contribution in [0, 0.1) is 0 Å². The van der Waals surface area contributed by atoms with Gasteiger partial charge in [-0.05, 0) is 41.4 Å². The second-order valence-electron chi connectivity index (χ2n) is 5.20. The van der Waals surface area contributed by atoms with Crippen molar-refractivity contribution in [3.8, 4) is 0 Å². The molecule has 0 bridgehead atoms. The number of halogens is 1. The van der Waals surface area contributed by atoms with Crippen molar-refractivity contribution in [2.24, 2.45) is 0 Å².